The van der Waals surface area contributed by atoms with Crippen LogP contribution in [0.15, 0.2) is 12.7 Å². The van der Waals surface area contributed by atoms with Crippen molar-refractivity contribution in [2.75, 3.05) is 27.3 Å². The Morgan fingerprint density at radius 3 is 1.76 bits per heavy atom. The maximum atomic E-state index is 11.4. The summed E-state index contributed by atoms with van der Waals surface area (Å²) in [5, 5.41) is 0. The number of esters is 2. The molecule has 0 bridgehead atoms. The van der Waals surface area contributed by atoms with Crippen LogP contribution in [0.5, 0.6) is 0 Å². The molecule has 0 spiro atoms. The van der Waals surface area contributed by atoms with Crippen LogP contribution in [0.2, 0.25) is 0 Å². The summed E-state index contributed by atoms with van der Waals surface area (Å²) in [7, 11) is 2.55. The molecular weight excluding hydrogens is 226 g/mol. The largest absolute Gasteiger partial charge is 0.469 e. The number of methoxy groups -OCH3 is 2. The number of hydrogen-bond acceptors (Lipinski definition) is 5. The van der Waals surface area contributed by atoms with Crippen molar-refractivity contribution >= 4 is 17.8 Å². The lowest BCUT2D eigenvalue weighted by Crippen LogP contribution is -2.33. The molecule has 0 rings (SSSR count). The van der Waals surface area contributed by atoms with Gasteiger partial charge in [0.2, 0.25) is 5.91 Å². The Balaban J connectivity index is 4.24. The Hall–Kier alpha value is -1.85. The summed E-state index contributed by atoms with van der Waals surface area (Å²) < 4.78 is 8.93. The average molecular weight is 243 g/mol. The average Bonchev–Trinajstić information content (AvgIpc) is 2.36. The lowest BCUT2D eigenvalue weighted by atomic mass is 10.3. The standard InChI is InChI=1S/C11H17NO5/c1-4-9(13)12(7-5-10(14)16-2)8-6-11(15)17-3/h4H,1,5-8H2,2-3H3. The van der Waals surface area contributed by atoms with Gasteiger partial charge < -0.3 is 14.4 Å². The van der Waals surface area contributed by atoms with Gasteiger partial charge in [-0.15, -0.1) is 0 Å². The van der Waals surface area contributed by atoms with Crippen molar-refractivity contribution in [3.8, 4) is 0 Å². The molecule has 0 saturated heterocycles. The minimum Gasteiger partial charge on any atom is -0.469 e. The molecule has 6 heteroatoms. The monoisotopic (exact) mass is 243 g/mol. The Bertz CT molecular complexity index is 280. The van der Waals surface area contributed by atoms with E-state index in [4.69, 9.17) is 0 Å². The molecule has 0 aliphatic heterocycles. The van der Waals surface area contributed by atoms with E-state index in [1.165, 1.54) is 19.1 Å². The molecule has 0 saturated carbocycles. The molecule has 0 aromatic rings. The Morgan fingerprint density at radius 1 is 1.06 bits per heavy atom. The first kappa shape index (κ1) is 15.2. The van der Waals surface area contributed by atoms with Gasteiger partial charge in [0.05, 0.1) is 27.1 Å². The zero-order valence-corrected chi connectivity index (χ0v) is 10.1. The summed E-state index contributed by atoms with van der Waals surface area (Å²) in [6.07, 6.45) is 1.29. The molecule has 1 amide bonds. The molecular formula is C11H17NO5. The fourth-order valence-corrected chi connectivity index (χ4v) is 1.12. The second kappa shape index (κ2) is 8.32. The highest BCUT2D eigenvalue weighted by atomic mass is 16.5. The Morgan fingerprint density at radius 2 is 1.47 bits per heavy atom. The van der Waals surface area contributed by atoms with Crippen LogP contribution in [0.25, 0.3) is 0 Å². The third kappa shape index (κ3) is 6.34. The van der Waals surface area contributed by atoms with Crippen molar-refractivity contribution in [1.82, 2.24) is 4.90 Å². The number of ether oxygens (including phenoxy) is 2. The number of carbonyl (C=O) groups is 3. The van der Waals surface area contributed by atoms with Crippen LogP contribution in [0, 0.1) is 0 Å². The van der Waals surface area contributed by atoms with Crippen molar-refractivity contribution in [3.63, 3.8) is 0 Å². The van der Waals surface area contributed by atoms with E-state index in [-0.39, 0.29) is 31.8 Å². The van der Waals surface area contributed by atoms with Gasteiger partial charge in [0.25, 0.3) is 0 Å². The van der Waals surface area contributed by atoms with Gasteiger partial charge in [-0.3, -0.25) is 14.4 Å². The van der Waals surface area contributed by atoms with Gasteiger partial charge in [-0.25, -0.2) is 0 Å². The lowest BCUT2D eigenvalue weighted by Gasteiger charge is -2.19. The summed E-state index contributed by atoms with van der Waals surface area (Å²) in [4.78, 5) is 34.7. The molecule has 0 aromatic carbocycles. The molecule has 0 unspecified atom stereocenters. The van der Waals surface area contributed by atoms with Gasteiger partial charge >= 0.3 is 11.9 Å². The van der Waals surface area contributed by atoms with Gasteiger partial charge in [-0.2, -0.15) is 0 Å². The first-order chi connectivity index (χ1) is 8.04. The summed E-state index contributed by atoms with van der Waals surface area (Å²) in [5.41, 5.74) is 0. The fraction of sp³-hybridized carbons (Fsp3) is 0.545. The Kier molecular flexibility index (Phi) is 7.41. The molecule has 96 valence electrons. The zero-order chi connectivity index (χ0) is 13.3. The van der Waals surface area contributed by atoms with Gasteiger partial charge in [-0.1, -0.05) is 6.58 Å². The van der Waals surface area contributed by atoms with Crippen LogP contribution in [0.3, 0.4) is 0 Å². The molecule has 0 atom stereocenters. The first-order valence-electron chi connectivity index (χ1n) is 5.10. The summed E-state index contributed by atoms with van der Waals surface area (Å²) in [5.74, 6) is -1.16. The number of nitrogens with zero attached hydrogens (tertiary/aromatic N) is 1. The van der Waals surface area contributed by atoms with Crippen LogP contribution >= 0.6 is 0 Å². The highest BCUT2D eigenvalue weighted by Gasteiger charge is 2.14. The minimum absolute atomic E-state index is 0.0806. The second-order valence-electron chi connectivity index (χ2n) is 3.18. The van der Waals surface area contributed by atoms with Crippen molar-refractivity contribution in [2.45, 2.75) is 12.8 Å². The molecule has 0 fully saturated rings. The molecule has 0 N–H and O–H groups in total. The van der Waals surface area contributed by atoms with E-state index < -0.39 is 11.9 Å². The minimum atomic E-state index is -0.412. The van der Waals surface area contributed by atoms with Crippen LogP contribution in [-0.4, -0.2) is 50.1 Å². The van der Waals surface area contributed by atoms with E-state index in [9.17, 15) is 14.4 Å². The highest BCUT2D eigenvalue weighted by Crippen LogP contribution is 1.98. The highest BCUT2D eigenvalue weighted by molar-refractivity contribution is 5.87. The maximum absolute atomic E-state index is 11.4. The number of amides is 1. The third-order valence-corrected chi connectivity index (χ3v) is 2.11. The molecule has 0 aliphatic rings. The van der Waals surface area contributed by atoms with E-state index in [0.717, 1.165) is 6.08 Å². The van der Waals surface area contributed by atoms with E-state index in [2.05, 4.69) is 16.1 Å². The summed E-state index contributed by atoms with van der Waals surface area (Å²) in [6.45, 7) is 3.73. The smallest absolute Gasteiger partial charge is 0.307 e. The number of carbonyl (C=O) groups excluding carboxylic acids is 3. The molecule has 0 radical (unpaired) electrons. The normalized spacial score (nSPS) is 9.29. The summed E-state index contributed by atoms with van der Waals surface area (Å²) in [6, 6.07) is 0. The van der Waals surface area contributed by atoms with E-state index in [1.807, 2.05) is 0 Å². The number of rotatable bonds is 7. The van der Waals surface area contributed by atoms with Crippen LogP contribution in [-0.2, 0) is 23.9 Å². The maximum Gasteiger partial charge on any atom is 0.307 e. The molecule has 0 heterocycles. The van der Waals surface area contributed by atoms with Crippen molar-refractivity contribution in [3.05, 3.63) is 12.7 Å². The predicted molar refractivity (Wildman–Crippen MR) is 60.0 cm³/mol. The first-order valence-corrected chi connectivity index (χ1v) is 5.10. The van der Waals surface area contributed by atoms with Gasteiger partial charge in [0, 0.05) is 13.1 Å². The summed E-state index contributed by atoms with van der Waals surface area (Å²) >= 11 is 0. The van der Waals surface area contributed by atoms with Crippen LogP contribution in [0.1, 0.15) is 12.8 Å². The third-order valence-electron chi connectivity index (χ3n) is 2.11. The van der Waals surface area contributed by atoms with Crippen LogP contribution in [0.4, 0.5) is 0 Å². The lowest BCUT2D eigenvalue weighted by molar-refractivity contribution is -0.141. The van der Waals surface area contributed by atoms with Crippen molar-refractivity contribution in [1.29, 1.82) is 0 Å². The van der Waals surface area contributed by atoms with E-state index >= 15 is 0 Å². The van der Waals surface area contributed by atoms with Gasteiger partial charge in [0.1, 0.15) is 0 Å². The van der Waals surface area contributed by atoms with Crippen molar-refractivity contribution in [2.24, 2.45) is 0 Å². The van der Waals surface area contributed by atoms with E-state index in [0.29, 0.717) is 0 Å². The molecule has 0 aliphatic carbocycles. The molecule has 6 nitrogen and oxygen atoms in total. The SMILES string of the molecule is C=CC(=O)N(CCC(=O)OC)CCC(=O)OC. The zero-order valence-electron chi connectivity index (χ0n) is 10.1. The van der Waals surface area contributed by atoms with Crippen molar-refractivity contribution < 1.29 is 23.9 Å². The predicted octanol–water partition coefficient (Wildman–Crippen LogP) is 0.127. The molecule has 17 heavy (non-hydrogen) atoms. The van der Waals surface area contributed by atoms with Gasteiger partial charge in [-0.05, 0) is 6.08 Å². The Labute approximate surface area is 100 Å². The molecule has 0 aromatic heterocycles. The number of hydrogen-bond donors (Lipinski definition) is 0. The fourth-order valence-electron chi connectivity index (χ4n) is 1.12. The van der Waals surface area contributed by atoms with Gasteiger partial charge in [0.15, 0.2) is 0 Å². The van der Waals surface area contributed by atoms with E-state index in [1.54, 1.807) is 0 Å². The quantitative estimate of drug-likeness (QED) is 0.469. The second-order valence-corrected chi connectivity index (χ2v) is 3.18. The van der Waals surface area contributed by atoms with Crippen LogP contribution < -0.4 is 0 Å². The topological polar surface area (TPSA) is 72.9 Å².